The highest BCUT2D eigenvalue weighted by molar-refractivity contribution is 6.11. The smallest absolute Gasteiger partial charge is 0.274 e. The van der Waals surface area contributed by atoms with Gasteiger partial charge in [-0.15, -0.1) is 0 Å². The molecule has 0 radical (unpaired) electrons. The van der Waals surface area contributed by atoms with Crippen LogP contribution in [0.15, 0.2) is 72.8 Å². The Bertz CT molecular complexity index is 1060. The van der Waals surface area contributed by atoms with Crippen molar-refractivity contribution >= 4 is 33.1 Å². The van der Waals surface area contributed by atoms with Gasteiger partial charge in [0.2, 0.25) is 0 Å². The van der Waals surface area contributed by atoms with Gasteiger partial charge in [0.1, 0.15) is 5.69 Å². The van der Waals surface area contributed by atoms with Gasteiger partial charge >= 0.3 is 0 Å². The van der Waals surface area contributed by atoms with Gasteiger partial charge in [-0.1, -0.05) is 54.6 Å². The first-order valence-electron chi connectivity index (χ1n) is 7.88. The van der Waals surface area contributed by atoms with Gasteiger partial charge in [-0.25, -0.2) is 4.98 Å². The van der Waals surface area contributed by atoms with Crippen LogP contribution in [0.4, 0.5) is 5.69 Å². The van der Waals surface area contributed by atoms with Gasteiger partial charge in [-0.3, -0.25) is 4.79 Å². The molecule has 0 fully saturated rings. The molecule has 4 rings (SSSR count). The molecule has 0 aliphatic rings. The highest BCUT2D eigenvalue weighted by Gasteiger charge is 2.12. The lowest BCUT2D eigenvalue weighted by molar-refractivity contribution is 0.102. The van der Waals surface area contributed by atoms with Crippen LogP contribution in [0, 0.1) is 6.92 Å². The highest BCUT2D eigenvalue weighted by Crippen LogP contribution is 2.27. The van der Waals surface area contributed by atoms with Gasteiger partial charge in [-0.05, 0) is 41.3 Å². The summed E-state index contributed by atoms with van der Waals surface area (Å²) in [5.74, 6) is -0.195. The van der Waals surface area contributed by atoms with Crippen molar-refractivity contribution in [3.8, 4) is 0 Å². The molecule has 1 N–H and O–H groups in total. The molecule has 3 heteroatoms. The summed E-state index contributed by atoms with van der Waals surface area (Å²) >= 11 is 0. The van der Waals surface area contributed by atoms with E-state index in [2.05, 4.69) is 34.6 Å². The number of hydrogen-bond donors (Lipinski definition) is 1. The lowest BCUT2D eigenvalue weighted by atomic mass is 10.0. The Morgan fingerprint density at radius 3 is 2.42 bits per heavy atom. The van der Waals surface area contributed by atoms with E-state index in [9.17, 15) is 4.79 Å². The van der Waals surface area contributed by atoms with E-state index in [1.165, 1.54) is 0 Å². The molecule has 1 heterocycles. The Labute approximate surface area is 140 Å². The standard InChI is InChI=1S/C21H16N2O/c1-14-17-12-11-15-7-5-6-10-18(15)19(17)13-20(22-14)21(24)23-16-8-3-2-4-9-16/h2-13H,1H3,(H,23,24). The number of aryl methyl sites for hydroxylation is 1. The Morgan fingerprint density at radius 2 is 1.58 bits per heavy atom. The zero-order valence-corrected chi connectivity index (χ0v) is 13.3. The number of nitrogens with zero attached hydrogens (tertiary/aromatic N) is 1. The third-order valence-corrected chi connectivity index (χ3v) is 4.19. The molecule has 1 aromatic heterocycles. The molecule has 0 saturated heterocycles. The number of rotatable bonds is 2. The Kier molecular flexibility index (Phi) is 3.47. The SMILES string of the molecule is Cc1nc(C(=O)Nc2ccccc2)cc2c1ccc1ccccc12. The number of amides is 1. The molecule has 0 bridgehead atoms. The summed E-state index contributed by atoms with van der Waals surface area (Å²) in [7, 11) is 0. The van der Waals surface area contributed by atoms with Crippen molar-refractivity contribution in [1.29, 1.82) is 0 Å². The van der Waals surface area contributed by atoms with Crippen LogP contribution in [0.5, 0.6) is 0 Å². The number of nitrogens with one attached hydrogen (secondary N) is 1. The van der Waals surface area contributed by atoms with Crippen molar-refractivity contribution in [3.05, 3.63) is 84.2 Å². The average molecular weight is 312 g/mol. The van der Waals surface area contributed by atoms with Crippen molar-refractivity contribution in [3.63, 3.8) is 0 Å². The van der Waals surface area contributed by atoms with Crippen LogP contribution in [-0.4, -0.2) is 10.9 Å². The van der Waals surface area contributed by atoms with Crippen LogP contribution in [0.2, 0.25) is 0 Å². The van der Waals surface area contributed by atoms with Crippen LogP contribution >= 0.6 is 0 Å². The summed E-state index contributed by atoms with van der Waals surface area (Å²) < 4.78 is 0. The quantitative estimate of drug-likeness (QED) is 0.532. The number of anilines is 1. The van der Waals surface area contributed by atoms with E-state index in [0.717, 1.165) is 32.9 Å². The van der Waals surface area contributed by atoms with E-state index >= 15 is 0 Å². The Hall–Kier alpha value is -3.20. The second-order valence-corrected chi connectivity index (χ2v) is 5.79. The third-order valence-electron chi connectivity index (χ3n) is 4.19. The molecule has 4 aromatic rings. The van der Waals surface area contributed by atoms with Crippen molar-refractivity contribution in [2.45, 2.75) is 6.92 Å². The second kappa shape index (κ2) is 5.78. The zero-order valence-electron chi connectivity index (χ0n) is 13.3. The summed E-state index contributed by atoms with van der Waals surface area (Å²) in [5, 5.41) is 7.32. The van der Waals surface area contributed by atoms with Crippen molar-refractivity contribution in [1.82, 2.24) is 4.98 Å². The molecule has 0 aliphatic carbocycles. The van der Waals surface area contributed by atoms with Crippen LogP contribution in [0.25, 0.3) is 21.5 Å². The minimum Gasteiger partial charge on any atom is -0.321 e. The number of hydrogen-bond acceptors (Lipinski definition) is 2. The largest absolute Gasteiger partial charge is 0.321 e. The normalized spacial score (nSPS) is 10.9. The first kappa shape index (κ1) is 14.4. The molecule has 0 spiro atoms. The summed E-state index contributed by atoms with van der Waals surface area (Å²) in [6.07, 6.45) is 0. The predicted molar refractivity (Wildman–Crippen MR) is 98.4 cm³/mol. The summed E-state index contributed by atoms with van der Waals surface area (Å²) in [6.45, 7) is 1.94. The monoisotopic (exact) mass is 312 g/mol. The number of carbonyl (C=O) groups is 1. The van der Waals surface area contributed by atoms with Gasteiger partial charge in [0.05, 0.1) is 0 Å². The van der Waals surface area contributed by atoms with Crippen molar-refractivity contribution in [2.75, 3.05) is 5.32 Å². The van der Waals surface area contributed by atoms with Crippen molar-refractivity contribution in [2.24, 2.45) is 0 Å². The predicted octanol–water partition coefficient (Wildman–Crippen LogP) is 4.95. The maximum atomic E-state index is 12.6. The third kappa shape index (κ3) is 2.50. The molecular formula is C21H16N2O. The molecule has 0 saturated carbocycles. The fourth-order valence-electron chi connectivity index (χ4n) is 3.01. The molecule has 3 aromatic carbocycles. The number of carbonyl (C=O) groups excluding carboxylic acids is 1. The lowest BCUT2D eigenvalue weighted by Gasteiger charge is -2.10. The molecule has 116 valence electrons. The molecule has 0 atom stereocenters. The fourth-order valence-corrected chi connectivity index (χ4v) is 3.01. The topological polar surface area (TPSA) is 42.0 Å². The molecule has 0 aliphatic heterocycles. The number of aromatic nitrogens is 1. The van der Waals surface area contributed by atoms with Crippen LogP contribution in [0.3, 0.4) is 0 Å². The summed E-state index contributed by atoms with van der Waals surface area (Å²) in [5.41, 5.74) is 2.05. The molecule has 3 nitrogen and oxygen atoms in total. The average Bonchev–Trinajstić information content (AvgIpc) is 2.62. The first-order chi connectivity index (χ1) is 11.7. The van der Waals surface area contributed by atoms with Gasteiger partial charge in [0.25, 0.3) is 5.91 Å². The Morgan fingerprint density at radius 1 is 0.833 bits per heavy atom. The molecular weight excluding hydrogens is 296 g/mol. The van der Waals surface area contributed by atoms with Gasteiger partial charge in [0, 0.05) is 16.8 Å². The number of pyridine rings is 1. The highest BCUT2D eigenvalue weighted by atomic mass is 16.1. The minimum absolute atomic E-state index is 0.195. The number of benzene rings is 3. The lowest BCUT2D eigenvalue weighted by Crippen LogP contribution is -2.14. The minimum atomic E-state index is -0.195. The first-order valence-corrected chi connectivity index (χ1v) is 7.88. The van der Waals surface area contributed by atoms with E-state index in [0.29, 0.717) is 5.69 Å². The van der Waals surface area contributed by atoms with Gasteiger partial charge < -0.3 is 5.32 Å². The maximum absolute atomic E-state index is 12.6. The maximum Gasteiger partial charge on any atom is 0.274 e. The molecule has 24 heavy (non-hydrogen) atoms. The van der Waals surface area contributed by atoms with Crippen LogP contribution in [0.1, 0.15) is 16.2 Å². The van der Waals surface area contributed by atoms with Gasteiger partial charge in [0.15, 0.2) is 0 Å². The molecule has 1 amide bonds. The summed E-state index contributed by atoms with van der Waals surface area (Å²) in [4.78, 5) is 17.1. The number of para-hydroxylation sites is 1. The van der Waals surface area contributed by atoms with Crippen molar-refractivity contribution < 1.29 is 4.79 Å². The van der Waals surface area contributed by atoms with E-state index in [1.54, 1.807) is 0 Å². The van der Waals surface area contributed by atoms with Crippen LogP contribution in [-0.2, 0) is 0 Å². The van der Waals surface area contributed by atoms with E-state index in [-0.39, 0.29) is 5.91 Å². The van der Waals surface area contributed by atoms with E-state index in [4.69, 9.17) is 0 Å². The second-order valence-electron chi connectivity index (χ2n) is 5.79. The molecule has 0 unspecified atom stereocenters. The Balaban J connectivity index is 1.84. The fraction of sp³-hybridized carbons (Fsp3) is 0.0476. The van der Waals surface area contributed by atoms with Gasteiger partial charge in [-0.2, -0.15) is 0 Å². The van der Waals surface area contributed by atoms with E-state index in [1.807, 2.05) is 55.5 Å². The zero-order chi connectivity index (χ0) is 16.5. The summed E-state index contributed by atoms with van der Waals surface area (Å²) in [6, 6.07) is 23.7. The number of fused-ring (bicyclic) bond motifs is 3. The van der Waals surface area contributed by atoms with Crippen LogP contribution < -0.4 is 5.32 Å². The van der Waals surface area contributed by atoms with E-state index < -0.39 is 0 Å².